The van der Waals surface area contributed by atoms with Crippen molar-refractivity contribution in [3.8, 4) is 0 Å². The average molecular weight is 421 g/mol. The van der Waals surface area contributed by atoms with Crippen molar-refractivity contribution in [1.82, 2.24) is 9.97 Å². The number of hydrogen-bond acceptors (Lipinski definition) is 10. The summed E-state index contributed by atoms with van der Waals surface area (Å²) in [6, 6.07) is -0.579. The number of thioether (sulfide) groups is 1. The minimum Gasteiger partial charge on any atom is -0.464 e. The molecular formula is C16H25ClN4O5S. The number of halogens is 1. The van der Waals surface area contributed by atoms with Gasteiger partial charge in [0.15, 0.2) is 16.1 Å². The Hall–Kier alpha value is -1.33. The lowest BCUT2D eigenvalue weighted by Gasteiger charge is -2.19. The van der Waals surface area contributed by atoms with E-state index in [0.717, 1.165) is 12.2 Å². The number of ether oxygens (including phenoxy) is 2. The van der Waals surface area contributed by atoms with Crippen LogP contribution in [0, 0.1) is 0 Å². The van der Waals surface area contributed by atoms with Crippen molar-refractivity contribution in [1.29, 1.82) is 0 Å². The second kappa shape index (κ2) is 10.3. The molecule has 0 bridgehead atoms. The van der Waals surface area contributed by atoms with Gasteiger partial charge in [0.25, 0.3) is 0 Å². The number of nitrogens with two attached hydrogens (primary N) is 1. The molecule has 4 unspecified atom stereocenters. The molecule has 0 spiro atoms. The number of nitrogens with one attached hydrogen (secondary N) is 1. The summed E-state index contributed by atoms with van der Waals surface area (Å²) in [5.41, 5.74) is 6.10. The van der Waals surface area contributed by atoms with Gasteiger partial charge in [0, 0.05) is 5.75 Å². The molecule has 11 heteroatoms. The van der Waals surface area contributed by atoms with Crippen molar-refractivity contribution in [2.24, 2.45) is 0 Å². The minimum absolute atomic E-state index is 0.120. The third-order valence-corrected chi connectivity index (χ3v) is 5.33. The maximum Gasteiger partial charge on any atom is 0.332 e. The molecule has 27 heavy (non-hydrogen) atoms. The van der Waals surface area contributed by atoms with Crippen LogP contribution >= 0.6 is 23.4 Å². The standard InChI is InChI=1S/C16H25ClN4O5S/c1-3-5-27-16-20-14(17)11(18)15(21-16)19-8-6-9(13(24)12(8)23)26-7-10(22)25-4-2/h8-9,12-13,23-24H,3-7,18H2,1-2H3,(H,19,20,21). The number of hydrogen-bond donors (Lipinski definition) is 4. The van der Waals surface area contributed by atoms with E-state index >= 15 is 0 Å². The highest BCUT2D eigenvalue weighted by Gasteiger charge is 2.43. The molecule has 0 saturated heterocycles. The van der Waals surface area contributed by atoms with E-state index in [4.69, 9.17) is 26.8 Å². The molecule has 1 saturated carbocycles. The van der Waals surface area contributed by atoms with Gasteiger partial charge in [-0.05, 0) is 19.8 Å². The Kier molecular flexibility index (Phi) is 8.36. The minimum atomic E-state index is -1.16. The van der Waals surface area contributed by atoms with E-state index in [-0.39, 0.29) is 36.3 Å². The molecule has 152 valence electrons. The van der Waals surface area contributed by atoms with Crippen LogP contribution in [0.3, 0.4) is 0 Å². The first-order valence-corrected chi connectivity index (χ1v) is 10.1. The van der Waals surface area contributed by atoms with Crippen LogP contribution in [0.5, 0.6) is 0 Å². The third kappa shape index (κ3) is 5.82. The summed E-state index contributed by atoms with van der Waals surface area (Å²) in [6.07, 6.45) is -1.82. The third-order valence-electron chi connectivity index (χ3n) is 3.99. The monoisotopic (exact) mass is 420 g/mol. The Bertz CT molecular complexity index is 653. The van der Waals surface area contributed by atoms with Crippen LogP contribution in [-0.2, 0) is 14.3 Å². The van der Waals surface area contributed by atoms with Gasteiger partial charge < -0.3 is 30.7 Å². The van der Waals surface area contributed by atoms with E-state index in [0.29, 0.717) is 5.16 Å². The summed E-state index contributed by atoms with van der Waals surface area (Å²) in [7, 11) is 0. The highest BCUT2D eigenvalue weighted by molar-refractivity contribution is 7.99. The topological polar surface area (TPSA) is 140 Å². The van der Waals surface area contributed by atoms with Crippen molar-refractivity contribution < 1.29 is 24.5 Å². The Morgan fingerprint density at radius 2 is 2.11 bits per heavy atom. The normalized spacial score (nSPS) is 24.8. The molecule has 1 fully saturated rings. The lowest BCUT2D eigenvalue weighted by molar-refractivity contribution is -0.153. The van der Waals surface area contributed by atoms with Gasteiger partial charge in [-0.15, -0.1) is 0 Å². The summed E-state index contributed by atoms with van der Waals surface area (Å²) in [6.45, 7) is 3.68. The Labute approximate surface area is 167 Å². The first-order chi connectivity index (χ1) is 12.9. The predicted molar refractivity (Wildman–Crippen MR) is 103 cm³/mol. The maximum absolute atomic E-state index is 11.4. The Balaban J connectivity index is 2.04. The maximum atomic E-state index is 11.4. The summed E-state index contributed by atoms with van der Waals surface area (Å²) in [5, 5.41) is 24.1. The van der Waals surface area contributed by atoms with Crippen LogP contribution in [0.15, 0.2) is 5.16 Å². The molecule has 1 aliphatic rings. The van der Waals surface area contributed by atoms with Crippen molar-refractivity contribution in [2.75, 3.05) is 30.0 Å². The van der Waals surface area contributed by atoms with Gasteiger partial charge >= 0.3 is 5.97 Å². The van der Waals surface area contributed by atoms with Gasteiger partial charge in [-0.1, -0.05) is 30.3 Å². The molecule has 5 N–H and O–H groups in total. The van der Waals surface area contributed by atoms with Gasteiger partial charge in [-0.3, -0.25) is 0 Å². The van der Waals surface area contributed by atoms with E-state index in [1.165, 1.54) is 11.8 Å². The molecule has 0 radical (unpaired) electrons. The van der Waals surface area contributed by atoms with E-state index in [2.05, 4.69) is 15.3 Å². The van der Waals surface area contributed by atoms with Crippen molar-refractivity contribution >= 4 is 40.8 Å². The fraction of sp³-hybridized carbons (Fsp3) is 0.688. The van der Waals surface area contributed by atoms with Crippen LogP contribution in [-0.4, -0.2) is 69.5 Å². The molecule has 4 atom stereocenters. The van der Waals surface area contributed by atoms with Crippen LogP contribution in [0.1, 0.15) is 26.7 Å². The van der Waals surface area contributed by atoms with Crippen LogP contribution in [0.4, 0.5) is 11.5 Å². The van der Waals surface area contributed by atoms with Gasteiger partial charge in [0.2, 0.25) is 0 Å². The second-order valence-electron chi connectivity index (χ2n) is 6.03. The quantitative estimate of drug-likeness (QED) is 0.198. The van der Waals surface area contributed by atoms with Gasteiger partial charge in [-0.2, -0.15) is 0 Å². The van der Waals surface area contributed by atoms with Gasteiger partial charge in [-0.25, -0.2) is 14.8 Å². The first kappa shape index (κ1) is 22.0. The number of esters is 1. The largest absolute Gasteiger partial charge is 0.464 e. The number of aliphatic hydroxyl groups is 2. The molecule has 1 aromatic heterocycles. The molecular weight excluding hydrogens is 396 g/mol. The number of rotatable bonds is 9. The van der Waals surface area contributed by atoms with Crippen LogP contribution < -0.4 is 11.1 Å². The SMILES string of the molecule is CCCSc1nc(Cl)c(N)c(NC2CC(OCC(=O)OCC)C(O)C2O)n1. The summed E-state index contributed by atoms with van der Waals surface area (Å²) < 4.78 is 10.2. The number of anilines is 2. The number of nitrogens with zero attached hydrogens (tertiary/aromatic N) is 2. The van der Waals surface area contributed by atoms with Crippen molar-refractivity contribution in [2.45, 2.75) is 56.2 Å². The lowest BCUT2D eigenvalue weighted by Crippen LogP contribution is -2.37. The van der Waals surface area contributed by atoms with E-state index in [9.17, 15) is 15.0 Å². The molecule has 2 rings (SSSR count). The number of aromatic nitrogens is 2. The molecule has 0 aliphatic heterocycles. The Morgan fingerprint density at radius 1 is 1.37 bits per heavy atom. The summed E-state index contributed by atoms with van der Waals surface area (Å²) in [5.74, 6) is 0.588. The predicted octanol–water partition coefficient (Wildman–Crippen LogP) is 1.07. The zero-order valence-corrected chi connectivity index (χ0v) is 16.8. The van der Waals surface area contributed by atoms with Gasteiger partial charge in [0.1, 0.15) is 24.5 Å². The zero-order valence-electron chi connectivity index (χ0n) is 15.2. The highest BCUT2D eigenvalue weighted by atomic mass is 35.5. The zero-order chi connectivity index (χ0) is 20.0. The van der Waals surface area contributed by atoms with Crippen molar-refractivity contribution in [3.63, 3.8) is 0 Å². The lowest BCUT2D eigenvalue weighted by atomic mass is 10.2. The van der Waals surface area contributed by atoms with Crippen molar-refractivity contribution in [3.05, 3.63) is 5.15 Å². The summed E-state index contributed by atoms with van der Waals surface area (Å²) in [4.78, 5) is 19.9. The first-order valence-electron chi connectivity index (χ1n) is 8.73. The molecule has 0 aromatic carbocycles. The van der Waals surface area contributed by atoms with Crippen LogP contribution in [0.25, 0.3) is 0 Å². The molecule has 1 aromatic rings. The fourth-order valence-electron chi connectivity index (χ4n) is 2.64. The summed E-state index contributed by atoms with van der Waals surface area (Å²) >= 11 is 7.52. The Morgan fingerprint density at radius 3 is 2.78 bits per heavy atom. The molecule has 1 aliphatic carbocycles. The molecule has 1 heterocycles. The smallest absolute Gasteiger partial charge is 0.332 e. The number of nitrogen functional groups attached to an aromatic ring is 1. The van der Waals surface area contributed by atoms with Crippen LogP contribution in [0.2, 0.25) is 5.15 Å². The van der Waals surface area contributed by atoms with E-state index in [1.54, 1.807) is 6.92 Å². The highest BCUT2D eigenvalue weighted by Crippen LogP contribution is 2.31. The number of carbonyl (C=O) groups is 1. The van der Waals surface area contributed by atoms with Gasteiger partial charge in [0.05, 0.1) is 18.8 Å². The van der Waals surface area contributed by atoms with E-state index in [1.807, 2.05) is 6.92 Å². The average Bonchev–Trinajstić information content (AvgIpc) is 2.90. The molecule has 0 amide bonds. The van der Waals surface area contributed by atoms with E-state index < -0.39 is 30.3 Å². The molecule has 9 nitrogen and oxygen atoms in total. The second-order valence-corrected chi connectivity index (χ2v) is 7.45. The number of aliphatic hydroxyl groups excluding tert-OH is 2. The number of carbonyl (C=O) groups excluding carboxylic acids is 1. The fourth-order valence-corrected chi connectivity index (χ4v) is 3.56.